The van der Waals surface area contributed by atoms with E-state index in [0.29, 0.717) is 35.2 Å². The summed E-state index contributed by atoms with van der Waals surface area (Å²) in [7, 11) is 3.25. The molecule has 0 atom stereocenters. The number of Topliss-reactive ketones (excluding diaryl/α,β-unsaturated/α-hetero) is 1. The van der Waals surface area contributed by atoms with Crippen LogP contribution in [-0.4, -0.2) is 30.0 Å². The molecule has 7 heteroatoms. The van der Waals surface area contributed by atoms with Gasteiger partial charge in [-0.1, -0.05) is 45.9 Å². The van der Waals surface area contributed by atoms with Gasteiger partial charge in [0.25, 0.3) is 0 Å². The van der Waals surface area contributed by atoms with Crippen molar-refractivity contribution in [2.24, 2.45) is 5.92 Å². The van der Waals surface area contributed by atoms with Crippen molar-refractivity contribution < 1.29 is 14.3 Å². The number of rotatable bonds is 11. The molecule has 0 unspecified atom stereocenters. The summed E-state index contributed by atoms with van der Waals surface area (Å²) in [6, 6.07) is 13.5. The molecule has 2 aromatic heterocycles. The first-order chi connectivity index (χ1) is 17.9. The van der Waals surface area contributed by atoms with Crippen LogP contribution < -0.4 is 14.8 Å². The van der Waals surface area contributed by atoms with Gasteiger partial charge in [0.1, 0.15) is 5.52 Å². The number of hydrogen-bond donors (Lipinski definition) is 1. The van der Waals surface area contributed by atoms with E-state index in [0.717, 1.165) is 57.0 Å². The molecule has 0 radical (unpaired) electrons. The first-order valence-corrected chi connectivity index (χ1v) is 13.6. The van der Waals surface area contributed by atoms with Crippen LogP contribution in [0.25, 0.3) is 21.5 Å². The van der Waals surface area contributed by atoms with Crippen LogP contribution in [0.1, 0.15) is 61.5 Å². The highest BCUT2D eigenvalue weighted by atomic mass is 32.1. The normalized spacial score (nSPS) is 11.2. The Kier molecular flexibility index (Phi) is 8.44. The number of hydrogen-bond acceptors (Lipinski definition) is 7. The van der Waals surface area contributed by atoms with Crippen molar-refractivity contribution in [3.05, 3.63) is 58.6 Å². The monoisotopic (exact) mass is 517 g/mol. The summed E-state index contributed by atoms with van der Waals surface area (Å²) in [6.07, 6.45) is 3.30. The van der Waals surface area contributed by atoms with Crippen LogP contribution in [0.2, 0.25) is 0 Å². The highest BCUT2D eigenvalue weighted by Crippen LogP contribution is 2.39. The zero-order chi connectivity index (χ0) is 26.5. The fraction of sp³-hybridized carbons (Fsp3) is 0.367. The lowest BCUT2D eigenvalue weighted by Crippen LogP contribution is -2.02. The van der Waals surface area contributed by atoms with Gasteiger partial charge in [-0.05, 0) is 48.9 Å². The fourth-order valence-electron chi connectivity index (χ4n) is 4.34. The molecule has 0 amide bonds. The van der Waals surface area contributed by atoms with Crippen LogP contribution in [0, 0.1) is 5.92 Å². The number of thiazole rings is 1. The minimum Gasteiger partial charge on any atom is -0.493 e. The number of carbonyl (C=O) groups excluding carboxylic acids is 1. The molecule has 2 heterocycles. The van der Waals surface area contributed by atoms with Gasteiger partial charge >= 0.3 is 0 Å². The predicted octanol–water partition coefficient (Wildman–Crippen LogP) is 7.86. The molecule has 0 aliphatic rings. The molecule has 1 N–H and O–H groups in total. The maximum Gasteiger partial charge on any atom is 0.162 e. The highest BCUT2D eigenvalue weighted by molar-refractivity contribution is 7.18. The van der Waals surface area contributed by atoms with Crippen molar-refractivity contribution in [2.45, 2.75) is 53.4 Å². The maximum absolute atomic E-state index is 12.5. The molecule has 0 bridgehead atoms. The van der Waals surface area contributed by atoms with E-state index >= 15 is 0 Å². The molecule has 194 valence electrons. The molecular formula is C30H35N3O3S. The number of pyridine rings is 1. The average Bonchev–Trinajstić information content (AvgIpc) is 3.35. The Morgan fingerprint density at radius 1 is 1.03 bits per heavy atom. The van der Waals surface area contributed by atoms with Gasteiger partial charge in [0.2, 0.25) is 0 Å². The Morgan fingerprint density at radius 2 is 1.81 bits per heavy atom. The summed E-state index contributed by atoms with van der Waals surface area (Å²) in [6.45, 7) is 8.51. The molecule has 37 heavy (non-hydrogen) atoms. The van der Waals surface area contributed by atoms with Crippen molar-refractivity contribution in [3.63, 3.8) is 0 Å². The number of anilines is 2. The third kappa shape index (κ3) is 5.77. The van der Waals surface area contributed by atoms with Gasteiger partial charge in [0, 0.05) is 29.3 Å². The van der Waals surface area contributed by atoms with Gasteiger partial charge in [0.15, 0.2) is 23.1 Å². The number of aromatic nitrogens is 2. The maximum atomic E-state index is 12.5. The van der Waals surface area contributed by atoms with Gasteiger partial charge in [-0.15, -0.1) is 11.3 Å². The number of nitrogens with zero attached hydrogens (tertiary/aromatic N) is 2. The van der Waals surface area contributed by atoms with Gasteiger partial charge in [-0.3, -0.25) is 4.79 Å². The molecule has 0 fully saturated rings. The molecule has 4 aromatic rings. The van der Waals surface area contributed by atoms with E-state index in [2.05, 4.69) is 26.1 Å². The number of methoxy groups -OCH3 is 2. The minimum atomic E-state index is 0.124. The molecule has 2 aromatic carbocycles. The molecule has 0 saturated heterocycles. The largest absolute Gasteiger partial charge is 0.493 e. The second-order valence-electron chi connectivity index (χ2n) is 9.41. The summed E-state index contributed by atoms with van der Waals surface area (Å²) < 4.78 is 12.0. The van der Waals surface area contributed by atoms with E-state index < -0.39 is 0 Å². The smallest absolute Gasteiger partial charge is 0.162 e. The van der Waals surface area contributed by atoms with Crippen LogP contribution >= 0.6 is 11.3 Å². The van der Waals surface area contributed by atoms with Crippen LogP contribution in [0.5, 0.6) is 11.5 Å². The standard InChI is InChI=1S/C30H35N3O3S/c1-7-22-27(20-11-9-10-19(16-20)23(34)8-2)33-30(28-29(22)37-26(32-28)15-12-18(3)4)31-21-13-14-24(35-5)25(17-21)36-6/h9-11,13-14,16-18H,7-8,12,15H2,1-6H3,(H,31,33). The zero-order valence-corrected chi connectivity index (χ0v) is 23.3. The topological polar surface area (TPSA) is 73.3 Å². The fourth-order valence-corrected chi connectivity index (χ4v) is 5.53. The van der Waals surface area contributed by atoms with Crippen LogP contribution in [0.4, 0.5) is 11.5 Å². The molecule has 0 aliphatic carbocycles. The molecule has 4 rings (SSSR count). The number of carbonyl (C=O) groups is 1. The Morgan fingerprint density at radius 3 is 2.49 bits per heavy atom. The van der Waals surface area contributed by atoms with Crippen LogP contribution in [-0.2, 0) is 12.8 Å². The Bertz CT molecular complexity index is 1410. The SMILES string of the molecule is CCC(=O)c1cccc(-c2nc(Nc3ccc(OC)c(OC)c3)c3nc(CCC(C)C)sc3c2CC)c1. The van der Waals surface area contributed by atoms with E-state index in [9.17, 15) is 4.79 Å². The zero-order valence-electron chi connectivity index (χ0n) is 22.5. The second-order valence-corrected chi connectivity index (χ2v) is 10.5. The van der Waals surface area contributed by atoms with Crippen molar-refractivity contribution in [2.75, 3.05) is 19.5 Å². The lowest BCUT2D eigenvalue weighted by molar-refractivity contribution is 0.0988. The number of ketones is 1. The van der Waals surface area contributed by atoms with E-state index in [4.69, 9.17) is 19.4 Å². The lowest BCUT2D eigenvalue weighted by atomic mass is 9.99. The third-order valence-electron chi connectivity index (χ3n) is 6.39. The molecule has 0 spiro atoms. The quantitative estimate of drug-likeness (QED) is 0.204. The van der Waals surface area contributed by atoms with Crippen molar-refractivity contribution >= 4 is 38.8 Å². The summed E-state index contributed by atoms with van der Waals surface area (Å²) in [5.41, 5.74) is 5.38. The number of ether oxygens (including phenoxy) is 2. The number of fused-ring (bicyclic) bond motifs is 1. The first-order valence-electron chi connectivity index (χ1n) is 12.8. The van der Waals surface area contributed by atoms with Crippen LogP contribution in [0.3, 0.4) is 0 Å². The summed E-state index contributed by atoms with van der Waals surface area (Å²) >= 11 is 1.75. The van der Waals surface area contributed by atoms with Gasteiger partial charge < -0.3 is 14.8 Å². The van der Waals surface area contributed by atoms with Gasteiger partial charge in [-0.25, -0.2) is 9.97 Å². The van der Waals surface area contributed by atoms with Crippen molar-refractivity contribution in [1.29, 1.82) is 0 Å². The molecule has 0 aliphatic heterocycles. The minimum absolute atomic E-state index is 0.124. The van der Waals surface area contributed by atoms with E-state index in [-0.39, 0.29) is 5.78 Å². The number of nitrogens with one attached hydrogen (secondary N) is 1. The highest BCUT2D eigenvalue weighted by Gasteiger charge is 2.20. The lowest BCUT2D eigenvalue weighted by Gasteiger charge is -2.15. The Balaban J connectivity index is 1.89. The number of aryl methyl sites for hydroxylation is 2. The summed E-state index contributed by atoms with van der Waals surface area (Å²) in [4.78, 5) is 22.6. The first kappa shape index (κ1) is 26.6. The Hall–Kier alpha value is -3.45. The third-order valence-corrected chi connectivity index (χ3v) is 7.57. The average molecular weight is 518 g/mol. The Labute approximate surface area is 223 Å². The summed E-state index contributed by atoms with van der Waals surface area (Å²) in [5.74, 6) is 2.72. The van der Waals surface area contributed by atoms with Gasteiger partial charge in [-0.2, -0.15) is 0 Å². The molecule has 6 nitrogen and oxygen atoms in total. The molecular weight excluding hydrogens is 482 g/mol. The number of benzene rings is 2. The molecule has 0 saturated carbocycles. The summed E-state index contributed by atoms with van der Waals surface area (Å²) in [5, 5.41) is 4.61. The van der Waals surface area contributed by atoms with E-state index in [1.54, 1.807) is 25.6 Å². The second kappa shape index (κ2) is 11.7. The van der Waals surface area contributed by atoms with Crippen molar-refractivity contribution in [3.8, 4) is 22.8 Å². The predicted molar refractivity (Wildman–Crippen MR) is 153 cm³/mol. The van der Waals surface area contributed by atoms with Crippen LogP contribution in [0.15, 0.2) is 42.5 Å². The van der Waals surface area contributed by atoms with E-state index in [1.165, 1.54) is 0 Å². The van der Waals surface area contributed by atoms with E-state index in [1.807, 2.05) is 49.4 Å². The van der Waals surface area contributed by atoms with Gasteiger partial charge in [0.05, 0.1) is 29.6 Å². The van der Waals surface area contributed by atoms with Crippen molar-refractivity contribution in [1.82, 2.24) is 9.97 Å².